The van der Waals surface area contributed by atoms with Gasteiger partial charge in [0.05, 0.1) is 5.92 Å². The number of nitrogens with one attached hydrogen (secondary N) is 1. The van der Waals surface area contributed by atoms with Gasteiger partial charge >= 0.3 is 0 Å². The number of carbonyl (C=O) groups is 2. The Labute approximate surface area is 146 Å². The van der Waals surface area contributed by atoms with Gasteiger partial charge in [0.1, 0.15) is 11.6 Å². The summed E-state index contributed by atoms with van der Waals surface area (Å²) in [5.74, 6) is -2.78. The second kappa shape index (κ2) is 7.20. The predicted molar refractivity (Wildman–Crippen MR) is 90.2 cm³/mol. The summed E-state index contributed by atoms with van der Waals surface area (Å²) in [4.78, 5) is 25.5. The Kier molecular flexibility index (Phi) is 5.18. The first-order chi connectivity index (χ1) is 11.9. The number of rotatable bonds is 3. The molecule has 0 saturated carbocycles. The molecule has 1 unspecified atom stereocenters. The summed E-state index contributed by atoms with van der Waals surface area (Å²) in [6.07, 6.45) is 1.93. The third-order valence-electron chi connectivity index (χ3n) is 5.41. The molecule has 2 amide bonds. The van der Waals surface area contributed by atoms with Crippen LogP contribution in [0.4, 0.5) is 8.78 Å². The Bertz CT molecular complexity index is 659. The minimum Gasteiger partial charge on any atom is -0.301 e. The van der Waals surface area contributed by atoms with Gasteiger partial charge < -0.3 is 4.90 Å². The zero-order valence-electron chi connectivity index (χ0n) is 14.6. The number of hydrogen-bond acceptors (Lipinski definition) is 3. The molecule has 3 rings (SSSR count). The quantitative estimate of drug-likeness (QED) is 0.853. The topological polar surface area (TPSA) is 49.4 Å². The van der Waals surface area contributed by atoms with Crippen LogP contribution >= 0.6 is 0 Å². The fourth-order valence-corrected chi connectivity index (χ4v) is 3.91. The molecule has 1 aromatic rings. The second-order valence-corrected chi connectivity index (χ2v) is 7.31. The first-order valence-corrected chi connectivity index (χ1v) is 8.93. The number of amides is 2. The molecule has 0 aliphatic carbocycles. The molecule has 2 aliphatic rings. The Morgan fingerprint density at radius 2 is 1.68 bits per heavy atom. The van der Waals surface area contributed by atoms with Gasteiger partial charge in [-0.2, -0.15) is 0 Å². The largest absolute Gasteiger partial charge is 0.301 e. The van der Waals surface area contributed by atoms with Crippen LogP contribution < -0.4 is 5.32 Å². The molecule has 0 aromatic heterocycles. The summed E-state index contributed by atoms with van der Waals surface area (Å²) in [5.41, 5.74) is 0.447. The Balaban J connectivity index is 1.79. The summed E-state index contributed by atoms with van der Waals surface area (Å²) in [7, 11) is 0. The Hall–Kier alpha value is -1.82. The van der Waals surface area contributed by atoms with E-state index in [0.717, 1.165) is 25.9 Å². The molecule has 0 spiro atoms. The van der Waals surface area contributed by atoms with Crippen molar-refractivity contribution in [1.29, 1.82) is 0 Å². The van der Waals surface area contributed by atoms with E-state index < -0.39 is 23.5 Å². The van der Waals surface area contributed by atoms with Crippen LogP contribution in [-0.2, 0) is 9.59 Å². The second-order valence-electron chi connectivity index (χ2n) is 7.31. The number of piperidine rings is 2. The van der Waals surface area contributed by atoms with Crippen molar-refractivity contribution in [2.75, 3.05) is 13.1 Å². The highest BCUT2D eigenvalue weighted by Gasteiger charge is 2.31. The molecular formula is C19H24F2N2O2. The zero-order valence-corrected chi connectivity index (χ0v) is 14.6. The minimum absolute atomic E-state index is 0.134. The molecule has 1 atom stereocenters. The number of halogens is 2. The smallest absolute Gasteiger partial charge is 0.234 e. The number of hydrogen-bond donors (Lipinski definition) is 1. The van der Waals surface area contributed by atoms with Gasteiger partial charge in [-0.25, -0.2) is 8.78 Å². The molecule has 2 fully saturated rings. The number of imide groups is 1. The number of likely N-dealkylation sites (tertiary alicyclic amines) is 1. The van der Waals surface area contributed by atoms with Crippen LogP contribution in [0, 0.1) is 11.6 Å². The van der Waals surface area contributed by atoms with E-state index in [2.05, 4.69) is 24.1 Å². The fraction of sp³-hybridized carbons (Fsp3) is 0.579. The molecule has 1 N–H and O–H groups in total. The summed E-state index contributed by atoms with van der Waals surface area (Å²) in [6, 6.07) is 2.98. The molecule has 25 heavy (non-hydrogen) atoms. The van der Waals surface area contributed by atoms with E-state index in [-0.39, 0.29) is 30.2 Å². The lowest BCUT2D eigenvalue weighted by Gasteiger charge is -2.35. The maximum atomic E-state index is 14.7. The Morgan fingerprint density at radius 3 is 2.20 bits per heavy atom. The van der Waals surface area contributed by atoms with Gasteiger partial charge in [0, 0.05) is 18.0 Å². The van der Waals surface area contributed by atoms with Crippen LogP contribution in [0.3, 0.4) is 0 Å². The van der Waals surface area contributed by atoms with Gasteiger partial charge in [-0.15, -0.1) is 0 Å². The van der Waals surface area contributed by atoms with Gasteiger partial charge in [-0.1, -0.05) is 0 Å². The molecule has 0 bridgehead atoms. The maximum absolute atomic E-state index is 14.7. The van der Waals surface area contributed by atoms with Crippen LogP contribution in [0.5, 0.6) is 0 Å². The minimum atomic E-state index is -0.668. The van der Waals surface area contributed by atoms with Gasteiger partial charge in [-0.05, 0) is 69.8 Å². The van der Waals surface area contributed by atoms with Crippen LogP contribution in [-0.4, -0.2) is 35.8 Å². The van der Waals surface area contributed by atoms with Crippen molar-refractivity contribution < 1.29 is 18.4 Å². The highest BCUT2D eigenvalue weighted by atomic mass is 19.1. The highest BCUT2D eigenvalue weighted by Crippen LogP contribution is 2.35. The monoisotopic (exact) mass is 350 g/mol. The number of nitrogens with zero attached hydrogens (tertiary/aromatic N) is 1. The van der Waals surface area contributed by atoms with Crippen LogP contribution in [0.25, 0.3) is 0 Å². The molecule has 2 heterocycles. The van der Waals surface area contributed by atoms with E-state index in [4.69, 9.17) is 0 Å². The third kappa shape index (κ3) is 3.73. The molecule has 2 aliphatic heterocycles. The average Bonchev–Trinajstić information content (AvgIpc) is 2.54. The standard InChI is InChI=1S/C19H24F2N2O2/c1-11(2)23-7-5-12(6-8-23)18-15(20)9-13(10-16(18)21)14-3-4-17(24)22-19(14)25/h9-12,14H,3-8H2,1-2H3,(H,22,24,25). The summed E-state index contributed by atoms with van der Waals surface area (Å²) in [5, 5.41) is 2.23. The van der Waals surface area contributed by atoms with Gasteiger partial charge in [0.2, 0.25) is 11.8 Å². The van der Waals surface area contributed by atoms with Crippen molar-refractivity contribution in [2.24, 2.45) is 0 Å². The fourth-order valence-electron chi connectivity index (χ4n) is 3.91. The van der Waals surface area contributed by atoms with Crippen molar-refractivity contribution in [3.05, 3.63) is 34.9 Å². The SMILES string of the molecule is CC(C)N1CCC(c2c(F)cc(C3CCC(=O)NC3=O)cc2F)CC1. The normalized spacial score (nSPS) is 23.2. The first-order valence-electron chi connectivity index (χ1n) is 8.93. The van der Waals surface area contributed by atoms with E-state index >= 15 is 0 Å². The lowest BCUT2D eigenvalue weighted by Crippen LogP contribution is -2.39. The predicted octanol–water partition coefficient (Wildman–Crippen LogP) is 3.07. The zero-order chi connectivity index (χ0) is 18.1. The molecule has 2 saturated heterocycles. The number of carbonyl (C=O) groups excluding carboxylic acids is 2. The average molecular weight is 350 g/mol. The summed E-state index contributed by atoms with van der Waals surface area (Å²) < 4.78 is 29.3. The van der Waals surface area contributed by atoms with E-state index in [1.165, 1.54) is 12.1 Å². The van der Waals surface area contributed by atoms with Crippen molar-refractivity contribution in [1.82, 2.24) is 10.2 Å². The van der Waals surface area contributed by atoms with Crippen molar-refractivity contribution >= 4 is 11.8 Å². The highest BCUT2D eigenvalue weighted by molar-refractivity contribution is 6.00. The lowest BCUT2D eigenvalue weighted by atomic mass is 9.85. The molecule has 0 radical (unpaired) electrons. The van der Waals surface area contributed by atoms with Crippen LogP contribution in [0.15, 0.2) is 12.1 Å². The van der Waals surface area contributed by atoms with Crippen molar-refractivity contribution in [3.8, 4) is 0 Å². The molecule has 1 aromatic carbocycles. The lowest BCUT2D eigenvalue weighted by molar-refractivity contribution is -0.134. The Morgan fingerprint density at radius 1 is 1.08 bits per heavy atom. The number of benzene rings is 1. The molecule has 136 valence electrons. The van der Waals surface area contributed by atoms with E-state index in [9.17, 15) is 18.4 Å². The van der Waals surface area contributed by atoms with E-state index in [1.807, 2.05) is 0 Å². The molecular weight excluding hydrogens is 326 g/mol. The van der Waals surface area contributed by atoms with Crippen molar-refractivity contribution in [2.45, 2.75) is 57.4 Å². The van der Waals surface area contributed by atoms with Gasteiger partial charge in [0.25, 0.3) is 0 Å². The van der Waals surface area contributed by atoms with E-state index in [1.54, 1.807) is 0 Å². The van der Waals surface area contributed by atoms with Crippen molar-refractivity contribution in [3.63, 3.8) is 0 Å². The third-order valence-corrected chi connectivity index (χ3v) is 5.41. The van der Waals surface area contributed by atoms with Crippen LogP contribution in [0.2, 0.25) is 0 Å². The maximum Gasteiger partial charge on any atom is 0.234 e. The first kappa shape index (κ1) is 18.0. The van der Waals surface area contributed by atoms with Gasteiger partial charge in [-0.3, -0.25) is 14.9 Å². The van der Waals surface area contributed by atoms with E-state index in [0.29, 0.717) is 11.6 Å². The summed E-state index contributed by atoms with van der Waals surface area (Å²) >= 11 is 0. The molecule has 6 heteroatoms. The molecule has 4 nitrogen and oxygen atoms in total. The van der Waals surface area contributed by atoms with Crippen LogP contribution in [0.1, 0.15) is 62.5 Å². The van der Waals surface area contributed by atoms with Gasteiger partial charge in [0.15, 0.2) is 0 Å². The summed E-state index contributed by atoms with van der Waals surface area (Å²) in [6.45, 7) is 5.90.